The summed E-state index contributed by atoms with van der Waals surface area (Å²) in [6.45, 7) is 0. The predicted octanol–water partition coefficient (Wildman–Crippen LogP) is 4.19. The Morgan fingerprint density at radius 1 is 0.556 bits per heavy atom. The van der Waals surface area contributed by atoms with Crippen molar-refractivity contribution in [3.8, 4) is 0 Å². The van der Waals surface area contributed by atoms with Crippen molar-refractivity contribution in [3.05, 3.63) is 58.7 Å². The van der Waals surface area contributed by atoms with Gasteiger partial charge in [-0.2, -0.15) is 0 Å². The molecule has 18 heavy (non-hydrogen) atoms. The third-order valence-electron chi connectivity index (χ3n) is 4.84. The monoisotopic (exact) mass is 230 g/mol. The molecule has 0 atom stereocenters. The number of hydrogen-bond acceptors (Lipinski definition) is 0. The molecule has 0 bridgehead atoms. The molecule has 3 aromatic carbocycles. The highest BCUT2D eigenvalue weighted by Crippen LogP contribution is 2.43. The smallest absolute Gasteiger partial charge is 0.0110 e. The van der Waals surface area contributed by atoms with Crippen molar-refractivity contribution in [1.29, 1.82) is 0 Å². The van der Waals surface area contributed by atoms with E-state index >= 15 is 0 Å². The molecule has 0 spiro atoms. The van der Waals surface area contributed by atoms with Gasteiger partial charge in [-0.3, -0.25) is 0 Å². The second kappa shape index (κ2) is 2.95. The Balaban J connectivity index is 2.18. The molecule has 0 nitrogen and oxygen atoms in total. The summed E-state index contributed by atoms with van der Waals surface area (Å²) in [6, 6.07) is 13.8. The summed E-state index contributed by atoms with van der Waals surface area (Å²) in [6.07, 6.45) is 4.93. The van der Waals surface area contributed by atoms with Gasteiger partial charge in [0.05, 0.1) is 0 Å². The normalized spacial score (nSPS) is 16.0. The molecule has 2 aliphatic rings. The van der Waals surface area contributed by atoms with Gasteiger partial charge >= 0.3 is 0 Å². The Hall–Kier alpha value is -1.82. The third kappa shape index (κ3) is 0.905. The number of benzene rings is 3. The first kappa shape index (κ1) is 9.16. The predicted molar refractivity (Wildman–Crippen MR) is 76.3 cm³/mol. The minimum atomic E-state index is 1.23. The van der Waals surface area contributed by atoms with Crippen molar-refractivity contribution in [1.82, 2.24) is 0 Å². The van der Waals surface area contributed by atoms with E-state index in [1.807, 2.05) is 0 Å². The lowest BCUT2D eigenvalue weighted by Gasteiger charge is -2.10. The van der Waals surface area contributed by atoms with Gasteiger partial charge in [0.25, 0.3) is 0 Å². The Kier molecular flexibility index (Phi) is 1.50. The molecule has 0 fully saturated rings. The van der Waals surface area contributed by atoms with Crippen LogP contribution < -0.4 is 0 Å². The Bertz CT molecular complexity index is 753. The molecule has 0 saturated carbocycles. The van der Waals surface area contributed by atoms with E-state index in [0.717, 1.165) is 0 Å². The molecule has 86 valence electrons. The molecule has 5 rings (SSSR count). The minimum absolute atomic E-state index is 1.23. The first-order valence-electron chi connectivity index (χ1n) is 6.90. The van der Waals surface area contributed by atoms with Crippen LogP contribution in [0.5, 0.6) is 0 Å². The molecular weight excluding hydrogens is 216 g/mol. The largest absolute Gasteiger partial charge is 0.0613 e. The summed E-state index contributed by atoms with van der Waals surface area (Å²) in [5.74, 6) is 0. The second-order valence-corrected chi connectivity index (χ2v) is 5.64. The highest BCUT2D eigenvalue weighted by atomic mass is 14.3. The summed E-state index contributed by atoms with van der Waals surface area (Å²) < 4.78 is 0. The van der Waals surface area contributed by atoms with Crippen LogP contribution in [0, 0.1) is 0 Å². The van der Waals surface area contributed by atoms with Crippen LogP contribution in [0.25, 0.3) is 21.5 Å². The molecule has 0 amide bonds. The number of fused-ring (bicyclic) bond motifs is 2. The fourth-order valence-electron chi connectivity index (χ4n) is 4.14. The molecule has 0 heteroatoms. The molecule has 0 aromatic heterocycles. The molecule has 0 saturated heterocycles. The van der Waals surface area contributed by atoms with Gasteiger partial charge < -0.3 is 0 Å². The quantitative estimate of drug-likeness (QED) is 0.508. The average molecular weight is 230 g/mol. The van der Waals surface area contributed by atoms with Crippen LogP contribution in [0.1, 0.15) is 22.3 Å². The van der Waals surface area contributed by atoms with Crippen LogP contribution in [0.2, 0.25) is 0 Å². The fraction of sp³-hybridized carbons (Fsp3) is 0.222. The number of aryl methyl sites for hydroxylation is 4. The van der Waals surface area contributed by atoms with Gasteiger partial charge in [-0.1, -0.05) is 36.4 Å². The van der Waals surface area contributed by atoms with E-state index in [1.54, 1.807) is 33.0 Å². The highest BCUT2D eigenvalue weighted by molar-refractivity contribution is 6.10. The van der Waals surface area contributed by atoms with Gasteiger partial charge in [0, 0.05) is 0 Å². The zero-order chi connectivity index (χ0) is 11.7. The molecule has 0 heterocycles. The van der Waals surface area contributed by atoms with Gasteiger partial charge in [-0.15, -0.1) is 0 Å². The van der Waals surface area contributed by atoms with Crippen LogP contribution in [-0.4, -0.2) is 0 Å². The topological polar surface area (TPSA) is 0 Å². The zero-order valence-electron chi connectivity index (χ0n) is 10.3. The van der Waals surface area contributed by atoms with E-state index in [1.165, 1.54) is 36.5 Å². The van der Waals surface area contributed by atoms with Gasteiger partial charge in [0.2, 0.25) is 0 Å². The molecule has 0 aliphatic heterocycles. The number of rotatable bonds is 0. The van der Waals surface area contributed by atoms with Crippen LogP contribution >= 0.6 is 0 Å². The SMILES string of the molecule is c1cc2c3c(c4cccc5c4c(c3c1)CC5)CC2. The third-order valence-corrected chi connectivity index (χ3v) is 4.84. The van der Waals surface area contributed by atoms with Crippen molar-refractivity contribution in [2.75, 3.05) is 0 Å². The lowest BCUT2D eigenvalue weighted by molar-refractivity contribution is 1.03. The fourth-order valence-corrected chi connectivity index (χ4v) is 4.14. The van der Waals surface area contributed by atoms with Gasteiger partial charge in [-0.05, 0) is 69.5 Å². The lowest BCUT2D eigenvalue weighted by atomic mass is 9.93. The van der Waals surface area contributed by atoms with Gasteiger partial charge in [0.15, 0.2) is 0 Å². The van der Waals surface area contributed by atoms with Gasteiger partial charge in [-0.25, -0.2) is 0 Å². The number of hydrogen-bond donors (Lipinski definition) is 0. The average Bonchev–Trinajstić information content (AvgIpc) is 3.01. The summed E-state index contributed by atoms with van der Waals surface area (Å²) >= 11 is 0. The standard InChI is InChI=1S/C18H14/c1-3-11-7-9-16-14-6-2-4-12-8-10-15(18(12)14)13(5-1)17(11)16/h1-6H,7-10H2. The second-order valence-electron chi connectivity index (χ2n) is 5.64. The Labute approximate surface area is 106 Å². The van der Waals surface area contributed by atoms with Crippen molar-refractivity contribution in [2.45, 2.75) is 25.7 Å². The first-order valence-corrected chi connectivity index (χ1v) is 6.90. The van der Waals surface area contributed by atoms with E-state index in [2.05, 4.69) is 36.4 Å². The highest BCUT2D eigenvalue weighted by Gasteiger charge is 2.24. The van der Waals surface area contributed by atoms with E-state index < -0.39 is 0 Å². The van der Waals surface area contributed by atoms with Crippen molar-refractivity contribution >= 4 is 21.5 Å². The minimum Gasteiger partial charge on any atom is -0.0613 e. The van der Waals surface area contributed by atoms with E-state index in [0.29, 0.717) is 0 Å². The van der Waals surface area contributed by atoms with Crippen LogP contribution in [-0.2, 0) is 25.7 Å². The molecular formula is C18H14. The maximum atomic E-state index is 2.34. The molecule has 2 aliphatic carbocycles. The maximum absolute atomic E-state index is 2.34. The summed E-state index contributed by atoms with van der Waals surface area (Å²) in [4.78, 5) is 0. The van der Waals surface area contributed by atoms with Crippen LogP contribution in [0.3, 0.4) is 0 Å². The molecule has 0 N–H and O–H groups in total. The zero-order valence-corrected chi connectivity index (χ0v) is 10.3. The molecule has 0 radical (unpaired) electrons. The molecule has 3 aromatic rings. The van der Waals surface area contributed by atoms with E-state index in [-0.39, 0.29) is 0 Å². The maximum Gasteiger partial charge on any atom is -0.0110 e. The van der Waals surface area contributed by atoms with E-state index in [4.69, 9.17) is 0 Å². The van der Waals surface area contributed by atoms with Crippen LogP contribution in [0.4, 0.5) is 0 Å². The first-order chi connectivity index (χ1) is 8.93. The summed E-state index contributed by atoms with van der Waals surface area (Å²) in [5.41, 5.74) is 6.36. The van der Waals surface area contributed by atoms with Crippen molar-refractivity contribution < 1.29 is 0 Å². The van der Waals surface area contributed by atoms with Gasteiger partial charge in [0.1, 0.15) is 0 Å². The van der Waals surface area contributed by atoms with Crippen LogP contribution in [0.15, 0.2) is 36.4 Å². The summed E-state index contributed by atoms with van der Waals surface area (Å²) in [5, 5.41) is 6.24. The van der Waals surface area contributed by atoms with E-state index in [9.17, 15) is 0 Å². The van der Waals surface area contributed by atoms with Crippen molar-refractivity contribution in [3.63, 3.8) is 0 Å². The Morgan fingerprint density at radius 3 is 1.56 bits per heavy atom. The molecule has 0 unspecified atom stereocenters. The summed E-state index contributed by atoms with van der Waals surface area (Å²) in [7, 11) is 0. The Morgan fingerprint density at radius 2 is 1.06 bits per heavy atom. The van der Waals surface area contributed by atoms with Crippen molar-refractivity contribution in [2.24, 2.45) is 0 Å². The lowest BCUT2D eigenvalue weighted by Crippen LogP contribution is -1.88.